The maximum absolute atomic E-state index is 12.6. The Balaban J connectivity index is 1.62. The molecule has 0 bridgehead atoms. The van der Waals surface area contributed by atoms with Gasteiger partial charge in [-0.1, -0.05) is 48.5 Å². The van der Waals surface area contributed by atoms with Crippen LogP contribution < -0.4 is 10.6 Å². The largest absolute Gasteiger partial charge is 0.481 e. The molecule has 34 heavy (non-hydrogen) atoms. The van der Waals surface area contributed by atoms with Crippen LogP contribution in [0.2, 0.25) is 0 Å². The van der Waals surface area contributed by atoms with Gasteiger partial charge in [0.15, 0.2) is 0 Å². The highest BCUT2D eigenvalue weighted by Crippen LogP contribution is 2.44. The second-order valence-corrected chi connectivity index (χ2v) is 9.07. The van der Waals surface area contributed by atoms with Crippen LogP contribution in [0.4, 0.5) is 4.79 Å². The van der Waals surface area contributed by atoms with Crippen molar-refractivity contribution in [3.05, 3.63) is 59.7 Å². The molecule has 2 atom stereocenters. The Kier molecular flexibility index (Phi) is 7.90. The molecule has 0 heterocycles. The molecule has 4 N–H and O–H groups in total. The van der Waals surface area contributed by atoms with E-state index in [0.29, 0.717) is 0 Å². The number of carbonyl (C=O) groups excluding carboxylic acids is 2. The number of amides is 2. The molecule has 1 aliphatic carbocycles. The molecule has 9 nitrogen and oxygen atoms in total. The van der Waals surface area contributed by atoms with Crippen LogP contribution in [0, 0.1) is 0 Å². The van der Waals surface area contributed by atoms with E-state index in [9.17, 15) is 24.6 Å². The predicted octanol–water partition coefficient (Wildman–Crippen LogP) is 1.80. The van der Waals surface area contributed by atoms with Crippen LogP contribution >= 0.6 is 0 Å². The molecule has 1 aliphatic rings. The Bertz CT molecular complexity index is 1010. The lowest BCUT2D eigenvalue weighted by Crippen LogP contribution is -2.53. The molecule has 0 saturated heterocycles. The van der Waals surface area contributed by atoms with Gasteiger partial charge in [0.2, 0.25) is 5.91 Å². The van der Waals surface area contributed by atoms with Crippen LogP contribution in [-0.2, 0) is 14.3 Å². The van der Waals surface area contributed by atoms with E-state index in [2.05, 4.69) is 10.6 Å². The van der Waals surface area contributed by atoms with E-state index < -0.39 is 36.0 Å². The predicted molar refractivity (Wildman–Crippen MR) is 126 cm³/mol. The number of likely N-dealkylation sites (N-methyl/N-ethyl adjacent to an activating group) is 1. The number of hydrogen-bond donors (Lipinski definition) is 4. The fourth-order valence-corrected chi connectivity index (χ4v) is 4.30. The Labute approximate surface area is 198 Å². The van der Waals surface area contributed by atoms with Gasteiger partial charge in [0.25, 0.3) is 0 Å². The molecule has 0 spiro atoms. The maximum Gasteiger partial charge on any atom is 0.407 e. The second kappa shape index (κ2) is 10.7. The number of aliphatic carboxylic acids is 1. The minimum Gasteiger partial charge on any atom is -0.481 e. The van der Waals surface area contributed by atoms with Crippen LogP contribution in [0.25, 0.3) is 11.1 Å². The minimum absolute atomic E-state index is 0.0405. The number of carbonyl (C=O) groups is 3. The summed E-state index contributed by atoms with van der Waals surface area (Å²) in [5.41, 5.74) is 3.02. The SMILES string of the molecule is CN(C)CC(C)(O)CNC(=O)C(CC(=O)O)NC(=O)OCC1c2ccccc2-c2ccccc21. The van der Waals surface area contributed by atoms with Gasteiger partial charge in [-0.3, -0.25) is 9.59 Å². The number of fused-ring (bicyclic) bond motifs is 3. The van der Waals surface area contributed by atoms with Crippen LogP contribution in [0.3, 0.4) is 0 Å². The van der Waals surface area contributed by atoms with Gasteiger partial charge >= 0.3 is 12.1 Å². The zero-order valence-electron chi connectivity index (χ0n) is 19.6. The van der Waals surface area contributed by atoms with E-state index >= 15 is 0 Å². The zero-order chi connectivity index (χ0) is 24.9. The standard InChI is InChI=1S/C25H31N3O6/c1-25(33,15-28(2)3)14-26-23(31)21(12-22(29)30)27-24(32)34-13-20-18-10-6-4-8-16(18)17-9-5-7-11-19(17)20/h4-11,20-21,33H,12-15H2,1-3H3,(H,26,31)(H,27,32)(H,29,30). The van der Waals surface area contributed by atoms with Crippen LogP contribution in [0.1, 0.15) is 30.4 Å². The van der Waals surface area contributed by atoms with Gasteiger partial charge in [-0.05, 0) is 43.3 Å². The first-order valence-electron chi connectivity index (χ1n) is 11.1. The van der Waals surface area contributed by atoms with Crippen LogP contribution in [-0.4, -0.2) is 78.5 Å². The second-order valence-electron chi connectivity index (χ2n) is 9.07. The summed E-state index contributed by atoms with van der Waals surface area (Å²) in [4.78, 5) is 38.1. The Morgan fingerprint density at radius 3 is 2.15 bits per heavy atom. The first kappa shape index (κ1) is 25.2. The van der Waals surface area contributed by atoms with Crippen molar-refractivity contribution in [3.63, 3.8) is 0 Å². The first-order valence-corrected chi connectivity index (χ1v) is 11.1. The van der Waals surface area contributed by atoms with Crippen LogP contribution in [0.15, 0.2) is 48.5 Å². The van der Waals surface area contributed by atoms with Crippen molar-refractivity contribution in [1.82, 2.24) is 15.5 Å². The molecular weight excluding hydrogens is 438 g/mol. The van der Waals surface area contributed by atoms with E-state index in [4.69, 9.17) is 4.74 Å². The lowest BCUT2D eigenvalue weighted by atomic mass is 9.98. The van der Waals surface area contributed by atoms with E-state index in [0.717, 1.165) is 22.3 Å². The van der Waals surface area contributed by atoms with Gasteiger partial charge in [0.1, 0.15) is 12.6 Å². The number of aliphatic hydroxyl groups is 1. The Morgan fingerprint density at radius 1 is 1.06 bits per heavy atom. The molecule has 2 aromatic rings. The van der Waals surface area contributed by atoms with Gasteiger partial charge in [-0.25, -0.2) is 4.79 Å². The van der Waals surface area contributed by atoms with Gasteiger partial charge in [0, 0.05) is 19.0 Å². The van der Waals surface area contributed by atoms with Gasteiger partial charge in [-0.15, -0.1) is 0 Å². The number of carboxylic acids is 1. The fraction of sp³-hybridized carbons (Fsp3) is 0.400. The monoisotopic (exact) mass is 469 g/mol. The number of ether oxygens (including phenoxy) is 1. The normalized spacial score (nSPS) is 15.1. The highest BCUT2D eigenvalue weighted by Gasteiger charge is 2.31. The van der Waals surface area contributed by atoms with E-state index in [-0.39, 0.29) is 25.6 Å². The number of nitrogens with zero attached hydrogens (tertiary/aromatic N) is 1. The van der Waals surface area contributed by atoms with Crippen LogP contribution in [0.5, 0.6) is 0 Å². The summed E-state index contributed by atoms with van der Waals surface area (Å²) in [7, 11) is 3.56. The van der Waals surface area contributed by atoms with Crippen molar-refractivity contribution < 1.29 is 29.3 Å². The average molecular weight is 470 g/mol. The molecule has 0 aliphatic heterocycles. The highest BCUT2D eigenvalue weighted by atomic mass is 16.5. The summed E-state index contributed by atoms with van der Waals surface area (Å²) in [6.45, 7) is 1.78. The number of hydrogen-bond acceptors (Lipinski definition) is 6. The highest BCUT2D eigenvalue weighted by molar-refractivity contribution is 5.89. The van der Waals surface area contributed by atoms with E-state index in [1.54, 1.807) is 25.9 Å². The molecule has 2 unspecified atom stereocenters. The summed E-state index contributed by atoms with van der Waals surface area (Å²) in [5.74, 6) is -2.12. The molecule has 2 aromatic carbocycles. The summed E-state index contributed by atoms with van der Waals surface area (Å²) in [6, 6.07) is 14.4. The third kappa shape index (κ3) is 6.33. The van der Waals surface area contributed by atoms with Crippen molar-refractivity contribution in [2.45, 2.75) is 30.9 Å². The first-order chi connectivity index (χ1) is 16.1. The zero-order valence-corrected chi connectivity index (χ0v) is 19.6. The molecule has 2 amide bonds. The molecule has 9 heteroatoms. The average Bonchev–Trinajstić information content (AvgIpc) is 3.08. The summed E-state index contributed by atoms with van der Waals surface area (Å²) in [6.07, 6.45) is -1.51. The third-order valence-electron chi connectivity index (χ3n) is 5.63. The third-order valence-corrected chi connectivity index (χ3v) is 5.63. The van der Waals surface area contributed by atoms with Crippen molar-refractivity contribution in [3.8, 4) is 11.1 Å². The summed E-state index contributed by atoms with van der Waals surface area (Å²) >= 11 is 0. The van der Waals surface area contributed by atoms with Crippen molar-refractivity contribution in [1.29, 1.82) is 0 Å². The molecule has 0 saturated carbocycles. The number of rotatable bonds is 10. The maximum atomic E-state index is 12.6. The number of alkyl carbamates (subject to hydrolysis) is 1. The number of benzene rings is 2. The smallest absolute Gasteiger partial charge is 0.407 e. The van der Waals surface area contributed by atoms with E-state index in [1.165, 1.54) is 0 Å². The Morgan fingerprint density at radius 2 is 1.62 bits per heavy atom. The topological polar surface area (TPSA) is 128 Å². The summed E-state index contributed by atoms with van der Waals surface area (Å²) in [5, 5.41) is 24.4. The van der Waals surface area contributed by atoms with Crippen molar-refractivity contribution in [2.75, 3.05) is 33.8 Å². The molecular formula is C25H31N3O6. The Hall–Kier alpha value is -3.43. The molecule has 182 valence electrons. The molecule has 0 radical (unpaired) electrons. The van der Waals surface area contributed by atoms with Gasteiger partial charge in [0.05, 0.1) is 12.0 Å². The lowest BCUT2D eigenvalue weighted by molar-refractivity contribution is -0.140. The van der Waals surface area contributed by atoms with E-state index in [1.807, 2.05) is 48.5 Å². The minimum atomic E-state index is -1.34. The summed E-state index contributed by atoms with van der Waals surface area (Å²) < 4.78 is 5.42. The van der Waals surface area contributed by atoms with Crippen molar-refractivity contribution >= 4 is 18.0 Å². The number of nitrogens with one attached hydrogen (secondary N) is 2. The van der Waals surface area contributed by atoms with Crippen molar-refractivity contribution in [2.24, 2.45) is 0 Å². The molecule has 0 fully saturated rings. The quantitative estimate of drug-likeness (QED) is 0.418. The van der Waals surface area contributed by atoms with Gasteiger partial charge < -0.3 is 30.5 Å². The number of carboxylic acid groups (broad SMARTS) is 1. The molecule has 3 rings (SSSR count). The van der Waals surface area contributed by atoms with Gasteiger partial charge in [-0.2, -0.15) is 0 Å². The fourth-order valence-electron chi connectivity index (χ4n) is 4.30. The lowest BCUT2D eigenvalue weighted by Gasteiger charge is -2.28. The molecule has 0 aromatic heterocycles.